The first-order valence-corrected chi connectivity index (χ1v) is 11.2. The van der Waals surface area contributed by atoms with E-state index in [4.69, 9.17) is 4.74 Å². The van der Waals surface area contributed by atoms with Crippen LogP contribution in [-0.4, -0.2) is 40.6 Å². The van der Waals surface area contributed by atoms with Gasteiger partial charge in [0, 0.05) is 38.4 Å². The third kappa shape index (κ3) is 5.13. The molecule has 0 saturated heterocycles. The van der Waals surface area contributed by atoms with Gasteiger partial charge in [0.2, 0.25) is 0 Å². The predicted molar refractivity (Wildman–Crippen MR) is 125 cm³/mol. The highest BCUT2D eigenvalue weighted by molar-refractivity contribution is 5.92. The van der Waals surface area contributed by atoms with E-state index in [1.165, 1.54) is 0 Å². The first-order valence-electron chi connectivity index (χ1n) is 11.2. The molecule has 4 rings (SSSR count). The lowest BCUT2D eigenvalue weighted by Crippen LogP contribution is -2.44. The number of ether oxygens (including phenoxy) is 1. The standard InChI is InChI=1S/C26H31N3O3/c1-26(2,3)32-25(31)28-18-21-12-13-23(16-22(21)19-28)29-15-9-5-8-14-27(24(29)30)17-20-10-6-4-7-11-20/h4-8,10-13,16H,9,14-15,17-19H2,1-3H3/b8-5-. The SMILES string of the molecule is CC(C)(C)OC(=O)N1Cc2ccc(N3CC/C=C\CN(Cc4ccccc4)C3=O)cc2C1. The molecule has 0 bridgehead atoms. The molecular formula is C26H31N3O3. The number of hydrogen-bond acceptors (Lipinski definition) is 3. The number of carbonyl (C=O) groups is 2. The Morgan fingerprint density at radius 3 is 2.50 bits per heavy atom. The molecule has 0 aliphatic carbocycles. The van der Waals surface area contributed by atoms with E-state index in [9.17, 15) is 9.59 Å². The largest absolute Gasteiger partial charge is 0.444 e. The van der Waals surface area contributed by atoms with Crippen molar-refractivity contribution < 1.29 is 14.3 Å². The molecule has 6 heteroatoms. The molecule has 0 unspecified atom stereocenters. The number of amides is 3. The smallest absolute Gasteiger partial charge is 0.410 e. The Bertz CT molecular complexity index is 1010. The summed E-state index contributed by atoms with van der Waals surface area (Å²) in [5.74, 6) is 0. The number of hydrogen-bond donors (Lipinski definition) is 0. The molecule has 0 saturated carbocycles. The average molecular weight is 434 g/mol. The Labute approximate surface area is 190 Å². The Kier molecular flexibility index (Phi) is 6.21. The number of anilines is 1. The van der Waals surface area contributed by atoms with E-state index in [1.807, 2.05) is 79.1 Å². The normalized spacial score (nSPS) is 17.6. The van der Waals surface area contributed by atoms with Gasteiger partial charge >= 0.3 is 12.1 Å². The van der Waals surface area contributed by atoms with Crippen molar-refractivity contribution in [2.75, 3.05) is 18.0 Å². The van der Waals surface area contributed by atoms with Crippen LogP contribution in [0.2, 0.25) is 0 Å². The van der Waals surface area contributed by atoms with Crippen LogP contribution in [0.4, 0.5) is 15.3 Å². The summed E-state index contributed by atoms with van der Waals surface area (Å²) in [6.07, 6.45) is 4.71. The molecule has 2 aromatic carbocycles. The molecule has 168 valence electrons. The van der Waals surface area contributed by atoms with Crippen LogP contribution in [0.1, 0.15) is 43.9 Å². The third-order valence-electron chi connectivity index (χ3n) is 5.61. The van der Waals surface area contributed by atoms with E-state index in [0.29, 0.717) is 32.7 Å². The fourth-order valence-electron chi connectivity index (χ4n) is 4.05. The van der Waals surface area contributed by atoms with Crippen LogP contribution in [0.3, 0.4) is 0 Å². The first kappa shape index (κ1) is 21.9. The minimum atomic E-state index is -0.524. The van der Waals surface area contributed by atoms with E-state index in [0.717, 1.165) is 28.8 Å². The van der Waals surface area contributed by atoms with E-state index in [1.54, 1.807) is 4.90 Å². The fraction of sp³-hybridized carbons (Fsp3) is 0.385. The summed E-state index contributed by atoms with van der Waals surface area (Å²) in [6, 6.07) is 16.1. The van der Waals surface area contributed by atoms with Gasteiger partial charge in [-0.05, 0) is 56.0 Å². The summed E-state index contributed by atoms with van der Waals surface area (Å²) < 4.78 is 5.53. The van der Waals surface area contributed by atoms with Gasteiger partial charge in [0.05, 0.1) is 0 Å². The predicted octanol–water partition coefficient (Wildman–Crippen LogP) is 5.33. The van der Waals surface area contributed by atoms with Crippen molar-refractivity contribution in [1.82, 2.24) is 9.80 Å². The van der Waals surface area contributed by atoms with Crippen molar-refractivity contribution in [3.63, 3.8) is 0 Å². The zero-order chi connectivity index (χ0) is 22.7. The van der Waals surface area contributed by atoms with Crippen LogP contribution < -0.4 is 4.90 Å². The second-order valence-electron chi connectivity index (χ2n) is 9.35. The molecule has 2 heterocycles. The fourth-order valence-corrected chi connectivity index (χ4v) is 4.05. The van der Waals surface area contributed by atoms with Gasteiger partial charge in [-0.25, -0.2) is 9.59 Å². The van der Waals surface area contributed by atoms with Crippen LogP contribution in [0, 0.1) is 0 Å². The number of rotatable bonds is 3. The number of carbonyl (C=O) groups excluding carboxylic acids is 2. The maximum Gasteiger partial charge on any atom is 0.410 e. The average Bonchev–Trinajstić information content (AvgIpc) is 3.17. The second-order valence-corrected chi connectivity index (χ2v) is 9.35. The highest BCUT2D eigenvalue weighted by Gasteiger charge is 2.29. The molecule has 32 heavy (non-hydrogen) atoms. The number of benzene rings is 2. The van der Waals surface area contributed by atoms with Crippen LogP contribution in [0.5, 0.6) is 0 Å². The van der Waals surface area contributed by atoms with Gasteiger partial charge in [0.1, 0.15) is 5.60 Å². The Hall–Kier alpha value is -3.28. The van der Waals surface area contributed by atoms with Gasteiger partial charge in [-0.3, -0.25) is 9.80 Å². The van der Waals surface area contributed by atoms with E-state index in [2.05, 4.69) is 12.2 Å². The molecule has 2 aromatic rings. The van der Waals surface area contributed by atoms with E-state index >= 15 is 0 Å². The highest BCUT2D eigenvalue weighted by Crippen LogP contribution is 2.29. The van der Waals surface area contributed by atoms with Gasteiger partial charge in [-0.15, -0.1) is 0 Å². The summed E-state index contributed by atoms with van der Waals surface area (Å²) in [7, 11) is 0. The molecule has 0 atom stereocenters. The second kappa shape index (κ2) is 9.07. The van der Waals surface area contributed by atoms with Gasteiger partial charge in [0.25, 0.3) is 0 Å². The molecule has 0 N–H and O–H groups in total. The minimum absolute atomic E-state index is 0.000137. The molecule has 2 aliphatic heterocycles. The summed E-state index contributed by atoms with van der Waals surface area (Å²) in [5, 5.41) is 0. The van der Waals surface area contributed by atoms with Crippen molar-refractivity contribution in [2.24, 2.45) is 0 Å². The molecule has 0 radical (unpaired) electrons. The van der Waals surface area contributed by atoms with Crippen molar-refractivity contribution in [2.45, 2.75) is 52.4 Å². The van der Waals surface area contributed by atoms with Gasteiger partial charge in [-0.1, -0.05) is 48.6 Å². The Balaban J connectivity index is 1.52. The first-order chi connectivity index (χ1) is 15.3. The lowest BCUT2D eigenvalue weighted by molar-refractivity contribution is 0.0242. The zero-order valence-corrected chi connectivity index (χ0v) is 19.1. The zero-order valence-electron chi connectivity index (χ0n) is 19.1. The number of nitrogens with zero attached hydrogens (tertiary/aromatic N) is 3. The molecular weight excluding hydrogens is 402 g/mol. The number of urea groups is 1. The maximum atomic E-state index is 13.5. The Morgan fingerprint density at radius 1 is 1.00 bits per heavy atom. The molecule has 0 fully saturated rings. The lowest BCUT2D eigenvalue weighted by atomic mass is 10.1. The third-order valence-corrected chi connectivity index (χ3v) is 5.61. The van der Waals surface area contributed by atoms with Gasteiger partial charge in [-0.2, -0.15) is 0 Å². The molecule has 0 aromatic heterocycles. The van der Waals surface area contributed by atoms with Crippen molar-refractivity contribution in [3.05, 3.63) is 77.4 Å². The summed E-state index contributed by atoms with van der Waals surface area (Å²) in [6.45, 7) is 8.41. The van der Waals surface area contributed by atoms with E-state index in [-0.39, 0.29) is 12.1 Å². The monoisotopic (exact) mass is 433 g/mol. The van der Waals surface area contributed by atoms with Gasteiger partial charge in [0.15, 0.2) is 0 Å². The highest BCUT2D eigenvalue weighted by atomic mass is 16.6. The Morgan fingerprint density at radius 2 is 1.75 bits per heavy atom. The lowest BCUT2D eigenvalue weighted by Gasteiger charge is -2.31. The van der Waals surface area contributed by atoms with Crippen LogP contribution in [0.15, 0.2) is 60.7 Å². The van der Waals surface area contributed by atoms with Crippen LogP contribution >= 0.6 is 0 Å². The van der Waals surface area contributed by atoms with Crippen LogP contribution in [-0.2, 0) is 24.4 Å². The quantitative estimate of drug-likeness (QED) is 0.615. The minimum Gasteiger partial charge on any atom is -0.444 e. The molecule has 3 amide bonds. The van der Waals surface area contributed by atoms with E-state index < -0.39 is 5.60 Å². The van der Waals surface area contributed by atoms with Crippen molar-refractivity contribution in [1.29, 1.82) is 0 Å². The maximum absolute atomic E-state index is 13.5. The molecule has 2 aliphatic rings. The van der Waals surface area contributed by atoms with Crippen LogP contribution in [0.25, 0.3) is 0 Å². The summed E-state index contributed by atoms with van der Waals surface area (Å²) in [5.41, 5.74) is 3.61. The van der Waals surface area contributed by atoms with Gasteiger partial charge < -0.3 is 9.64 Å². The number of fused-ring (bicyclic) bond motifs is 1. The molecule has 6 nitrogen and oxygen atoms in total. The summed E-state index contributed by atoms with van der Waals surface area (Å²) >= 11 is 0. The molecule has 0 spiro atoms. The van der Waals surface area contributed by atoms with Crippen molar-refractivity contribution >= 4 is 17.8 Å². The van der Waals surface area contributed by atoms with Crippen molar-refractivity contribution in [3.8, 4) is 0 Å². The summed E-state index contributed by atoms with van der Waals surface area (Å²) in [4.78, 5) is 31.4. The topological polar surface area (TPSA) is 53.1 Å².